The fourth-order valence-corrected chi connectivity index (χ4v) is 4.60. The third-order valence-electron chi connectivity index (χ3n) is 6.63. The Kier molecular flexibility index (Phi) is 6.04. The number of hydrogen-bond donors (Lipinski definition) is 1. The van der Waals surface area contributed by atoms with Crippen LogP contribution in [0.2, 0.25) is 0 Å². The summed E-state index contributed by atoms with van der Waals surface area (Å²) in [6.45, 7) is 5.84. The Morgan fingerprint density at radius 2 is 1.79 bits per heavy atom. The van der Waals surface area contributed by atoms with E-state index in [9.17, 15) is 14.4 Å². The number of carbonyl (C=O) groups excluding carboxylic acids is 2. The Bertz CT molecular complexity index is 824. The number of nitrogens with one attached hydrogen (secondary N) is 1. The Hall–Kier alpha value is -2.15. The van der Waals surface area contributed by atoms with E-state index < -0.39 is 5.63 Å². The molecule has 3 heterocycles. The number of rotatable bonds is 3. The second-order valence-electron chi connectivity index (χ2n) is 8.64. The molecule has 1 aliphatic carbocycles. The molecule has 2 aliphatic heterocycles. The quantitative estimate of drug-likeness (QED) is 0.836. The maximum atomic E-state index is 13.1. The van der Waals surface area contributed by atoms with E-state index in [-0.39, 0.29) is 29.2 Å². The molecule has 3 fully saturated rings. The van der Waals surface area contributed by atoms with Gasteiger partial charge in [-0.15, -0.1) is 0 Å². The lowest BCUT2D eigenvalue weighted by atomic mass is 9.84. The maximum absolute atomic E-state index is 13.1. The molecule has 2 amide bonds. The van der Waals surface area contributed by atoms with Crippen molar-refractivity contribution >= 4 is 11.8 Å². The van der Waals surface area contributed by atoms with Gasteiger partial charge in [0.15, 0.2) is 0 Å². The van der Waals surface area contributed by atoms with Gasteiger partial charge in [-0.05, 0) is 57.2 Å². The minimum Gasteiger partial charge on any atom is -0.427 e. The Labute approximate surface area is 171 Å². The third kappa shape index (κ3) is 4.25. The number of carbonyl (C=O) groups is 2. The van der Waals surface area contributed by atoms with Crippen LogP contribution in [-0.2, 0) is 4.79 Å². The molecule has 1 aromatic rings. The molecule has 0 aromatic carbocycles. The molecule has 1 aromatic heterocycles. The van der Waals surface area contributed by atoms with Gasteiger partial charge >= 0.3 is 5.63 Å². The van der Waals surface area contributed by atoms with E-state index in [1.165, 1.54) is 0 Å². The van der Waals surface area contributed by atoms with Gasteiger partial charge in [0.05, 0.1) is 0 Å². The van der Waals surface area contributed by atoms with Crippen molar-refractivity contribution < 1.29 is 14.0 Å². The van der Waals surface area contributed by atoms with Crippen LogP contribution in [0.25, 0.3) is 0 Å². The third-order valence-corrected chi connectivity index (χ3v) is 6.63. The summed E-state index contributed by atoms with van der Waals surface area (Å²) < 4.78 is 5.58. The van der Waals surface area contributed by atoms with Crippen molar-refractivity contribution in [1.29, 1.82) is 0 Å². The van der Waals surface area contributed by atoms with Crippen molar-refractivity contribution in [3.05, 3.63) is 33.4 Å². The summed E-state index contributed by atoms with van der Waals surface area (Å²) in [5.74, 6) is 0.982. The van der Waals surface area contributed by atoms with Gasteiger partial charge in [-0.3, -0.25) is 9.59 Å². The molecule has 0 spiro atoms. The van der Waals surface area contributed by atoms with Crippen molar-refractivity contribution in [3.63, 3.8) is 0 Å². The molecular formula is C22H31N3O4. The first kappa shape index (κ1) is 20.1. The first-order valence-electron chi connectivity index (χ1n) is 11.0. The molecule has 29 heavy (non-hydrogen) atoms. The highest BCUT2D eigenvalue weighted by molar-refractivity contribution is 5.95. The molecule has 7 nitrogen and oxygen atoms in total. The first-order valence-corrected chi connectivity index (χ1v) is 11.0. The minimum absolute atomic E-state index is 0.135. The highest BCUT2D eigenvalue weighted by atomic mass is 16.4. The summed E-state index contributed by atoms with van der Waals surface area (Å²) >= 11 is 0. The van der Waals surface area contributed by atoms with Crippen LogP contribution in [-0.4, -0.2) is 60.9 Å². The molecule has 1 saturated carbocycles. The van der Waals surface area contributed by atoms with E-state index in [2.05, 4.69) is 5.32 Å². The molecule has 1 atom stereocenters. The molecule has 0 radical (unpaired) electrons. The van der Waals surface area contributed by atoms with E-state index in [0.717, 1.165) is 51.6 Å². The molecule has 2 saturated heterocycles. The van der Waals surface area contributed by atoms with Crippen LogP contribution < -0.4 is 10.9 Å². The van der Waals surface area contributed by atoms with E-state index in [1.54, 1.807) is 4.90 Å². The van der Waals surface area contributed by atoms with E-state index in [0.29, 0.717) is 37.5 Å². The lowest BCUT2D eigenvalue weighted by molar-refractivity contribution is -0.138. The van der Waals surface area contributed by atoms with Crippen molar-refractivity contribution in [2.75, 3.05) is 39.3 Å². The number of amides is 2. The average Bonchev–Trinajstić information content (AvgIpc) is 2.93. The predicted octanol–water partition coefficient (Wildman–Crippen LogP) is 1.89. The number of aryl methyl sites for hydroxylation is 1. The maximum Gasteiger partial charge on any atom is 0.349 e. The SMILES string of the molecule is Cc1cc(C2CCCNC2)oc(=O)c1C(=O)N1CCCN(C(=O)C2CCC2)CC1. The summed E-state index contributed by atoms with van der Waals surface area (Å²) in [5.41, 5.74) is 0.275. The van der Waals surface area contributed by atoms with Gasteiger partial charge in [0, 0.05) is 44.6 Å². The lowest BCUT2D eigenvalue weighted by Gasteiger charge is -2.31. The number of piperidine rings is 1. The topological polar surface area (TPSA) is 82.9 Å². The monoisotopic (exact) mass is 401 g/mol. The lowest BCUT2D eigenvalue weighted by Crippen LogP contribution is -2.42. The first-order chi connectivity index (χ1) is 14.0. The average molecular weight is 402 g/mol. The van der Waals surface area contributed by atoms with Crippen LogP contribution in [0.3, 0.4) is 0 Å². The summed E-state index contributed by atoms with van der Waals surface area (Å²) in [6, 6.07) is 1.86. The van der Waals surface area contributed by atoms with Gasteiger partial charge in [-0.25, -0.2) is 4.79 Å². The van der Waals surface area contributed by atoms with Crippen LogP contribution in [0, 0.1) is 12.8 Å². The smallest absolute Gasteiger partial charge is 0.349 e. The van der Waals surface area contributed by atoms with Crippen molar-refractivity contribution in [2.45, 2.75) is 51.4 Å². The minimum atomic E-state index is -0.540. The van der Waals surface area contributed by atoms with Crippen LogP contribution in [0.4, 0.5) is 0 Å². The summed E-state index contributed by atoms with van der Waals surface area (Å²) in [5, 5.41) is 3.33. The Balaban J connectivity index is 1.46. The number of nitrogens with zero attached hydrogens (tertiary/aromatic N) is 2. The molecule has 1 N–H and O–H groups in total. The second kappa shape index (κ2) is 8.69. The largest absolute Gasteiger partial charge is 0.427 e. The van der Waals surface area contributed by atoms with Gasteiger partial charge in [0.25, 0.3) is 5.91 Å². The summed E-state index contributed by atoms with van der Waals surface area (Å²) in [7, 11) is 0. The highest BCUT2D eigenvalue weighted by Crippen LogP contribution is 2.29. The van der Waals surface area contributed by atoms with Crippen LogP contribution >= 0.6 is 0 Å². The van der Waals surface area contributed by atoms with Crippen LogP contribution in [0.5, 0.6) is 0 Å². The van der Waals surface area contributed by atoms with Crippen LogP contribution in [0.15, 0.2) is 15.3 Å². The fourth-order valence-electron chi connectivity index (χ4n) is 4.60. The zero-order valence-electron chi connectivity index (χ0n) is 17.2. The molecule has 7 heteroatoms. The molecule has 3 aliphatic rings. The van der Waals surface area contributed by atoms with E-state index in [4.69, 9.17) is 4.42 Å². The van der Waals surface area contributed by atoms with Gasteiger partial charge in [-0.1, -0.05) is 6.42 Å². The summed E-state index contributed by atoms with van der Waals surface area (Å²) in [6.07, 6.45) is 5.89. The molecule has 4 rings (SSSR count). The van der Waals surface area contributed by atoms with Gasteiger partial charge < -0.3 is 19.5 Å². The van der Waals surface area contributed by atoms with Crippen molar-refractivity contribution in [2.24, 2.45) is 5.92 Å². The highest BCUT2D eigenvalue weighted by Gasteiger charge is 2.32. The second-order valence-corrected chi connectivity index (χ2v) is 8.64. The predicted molar refractivity (Wildman–Crippen MR) is 109 cm³/mol. The standard InChI is InChI=1S/C22H31N3O4/c1-15-13-18(17-7-3-8-23-14-17)29-22(28)19(15)21(27)25-10-4-9-24(11-12-25)20(26)16-5-2-6-16/h13,16-17,23H,2-12,14H2,1H3. The molecular weight excluding hydrogens is 370 g/mol. The van der Waals surface area contributed by atoms with Crippen molar-refractivity contribution in [3.8, 4) is 0 Å². The van der Waals surface area contributed by atoms with Crippen molar-refractivity contribution in [1.82, 2.24) is 15.1 Å². The van der Waals surface area contributed by atoms with Gasteiger partial charge in [0.2, 0.25) is 5.91 Å². The fraction of sp³-hybridized carbons (Fsp3) is 0.682. The Morgan fingerprint density at radius 3 is 2.45 bits per heavy atom. The Morgan fingerprint density at radius 1 is 1.03 bits per heavy atom. The zero-order valence-corrected chi connectivity index (χ0v) is 17.2. The van der Waals surface area contributed by atoms with E-state index in [1.807, 2.05) is 17.9 Å². The normalized spacial score (nSPS) is 23.4. The molecule has 1 unspecified atom stereocenters. The summed E-state index contributed by atoms with van der Waals surface area (Å²) in [4.78, 5) is 41.9. The number of hydrogen-bond acceptors (Lipinski definition) is 5. The zero-order chi connectivity index (χ0) is 20.4. The van der Waals surface area contributed by atoms with Crippen LogP contribution in [0.1, 0.15) is 66.1 Å². The van der Waals surface area contributed by atoms with Gasteiger partial charge in [-0.2, -0.15) is 0 Å². The molecule has 0 bridgehead atoms. The van der Waals surface area contributed by atoms with Gasteiger partial charge in [0.1, 0.15) is 11.3 Å². The molecule has 158 valence electrons. The van der Waals surface area contributed by atoms with E-state index >= 15 is 0 Å².